The zero-order chi connectivity index (χ0) is 28.5. The number of nitrogens with one attached hydrogen (secondary N) is 2. The van der Waals surface area contributed by atoms with E-state index in [1.807, 2.05) is 73.5 Å². The molecule has 0 saturated heterocycles. The third kappa shape index (κ3) is 7.48. The molecule has 210 valence electrons. The zero-order valence-electron chi connectivity index (χ0n) is 23.0. The number of rotatable bonds is 13. The van der Waals surface area contributed by atoms with Crippen molar-refractivity contribution in [3.63, 3.8) is 0 Å². The minimum Gasteiger partial charge on any atom is -0.480 e. The van der Waals surface area contributed by atoms with Crippen LogP contribution in [0.4, 0.5) is 4.79 Å². The van der Waals surface area contributed by atoms with Gasteiger partial charge in [0.25, 0.3) is 0 Å². The topological polar surface area (TPSA) is 108 Å². The summed E-state index contributed by atoms with van der Waals surface area (Å²) in [5.41, 5.74) is 5.59. The van der Waals surface area contributed by atoms with E-state index in [9.17, 15) is 19.5 Å². The molecule has 1 unspecified atom stereocenters. The summed E-state index contributed by atoms with van der Waals surface area (Å²) in [6.45, 7) is 2.85. The Morgan fingerprint density at radius 1 is 0.900 bits per heavy atom. The SMILES string of the molecule is CCC[C@H](CC(=O)NC(CN(C)Cc1ccccc1)C(=O)O)NC(=O)OCC1c2ccccc2-c2ccccc21. The monoisotopic (exact) mass is 543 g/mol. The quantitative estimate of drug-likeness (QED) is 0.286. The molecule has 0 saturated carbocycles. The molecule has 8 nitrogen and oxygen atoms in total. The summed E-state index contributed by atoms with van der Waals surface area (Å²) in [7, 11) is 1.81. The fraction of sp³-hybridized carbons (Fsp3) is 0.344. The van der Waals surface area contributed by atoms with Gasteiger partial charge in [-0.1, -0.05) is 92.2 Å². The Hall–Kier alpha value is -4.17. The summed E-state index contributed by atoms with van der Waals surface area (Å²) in [4.78, 5) is 39.3. The van der Waals surface area contributed by atoms with E-state index in [0.29, 0.717) is 13.0 Å². The van der Waals surface area contributed by atoms with E-state index in [0.717, 1.165) is 34.2 Å². The third-order valence-corrected chi connectivity index (χ3v) is 7.16. The number of carbonyl (C=O) groups excluding carboxylic acids is 2. The Kier molecular flexibility index (Phi) is 9.91. The fourth-order valence-corrected chi connectivity index (χ4v) is 5.31. The zero-order valence-corrected chi connectivity index (χ0v) is 23.0. The largest absolute Gasteiger partial charge is 0.480 e. The Balaban J connectivity index is 1.30. The molecule has 3 N–H and O–H groups in total. The van der Waals surface area contributed by atoms with Crippen molar-refractivity contribution >= 4 is 18.0 Å². The maximum absolute atomic E-state index is 12.8. The van der Waals surface area contributed by atoms with Crippen molar-refractivity contribution in [2.45, 2.75) is 50.7 Å². The lowest BCUT2D eigenvalue weighted by atomic mass is 9.98. The van der Waals surface area contributed by atoms with Crippen molar-refractivity contribution in [1.29, 1.82) is 0 Å². The first-order valence-electron chi connectivity index (χ1n) is 13.7. The Bertz CT molecular complexity index is 1270. The van der Waals surface area contributed by atoms with Crippen molar-refractivity contribution in [2.75, 3.05) is 20.2 Å². The number of alkyl carbamates (subject to hydrolysis) is 1. The summed E-state index contributed by atoms with van der Waals surface area (Å²) in [6, 6.07) is 24.4. The summed E-state index contributed by atoms with van der Waals surface area (Å²) in [6.07, 6.45) is 0.669. The molecule has 40 heavy (non-hydrogen) atoms. The molecule has 1 aliphatic rings. The van der Waals surface area contributed by atoms with Crippen LogP contribution >= 0.6 is 0 Å². The van der Waals surface area contributed by atoms with Crippen LogP contribution in [-0.4, -0.2) is 60.3 Å². The summed E-state index contributed by atoms with van der Waals surface area (Å²) < 4.78 is 5.64. The van der Waals surface area contributed by atoms with Crippen LogP contribution in [0.3, 0.4) is 0 Å². The fourth-order valence-electron chi connectivity index (χ4n) is 5.31. The van der Waals surface area contributed by atoms with E-state index in [-0.39, 0.29) is 25.5 Å². The summed E-state index contributed by atoms with van der Waals surface area (Å²) in [5, 5.41) is 15.1. The molecule has 0 spiro atoms. The average Bonchev–Trinajstić information content (AvgIpc) is 3.25. The number of hydrogen-bond donors (Lipinski definition) is 3. The number of benzene rings is 3. The van der Waals surface area contributed by atoms with E-state index in [4.69, 9.17) is 4.74 Å². The molecule has 2 atom stereocenters. The first kappa shape index (κ1) is 28.8. The van der Waals surface area contributed by atoms with E-state index in [2.05, 4.69) is 34.9 Å². The molecule has 3 aromatic rings. The number of ether oxygens (including phenoxy) is 1. The van der Waals surface area contributed by atoms with E-state index in [1.54, 1.807) is 0 Å². The number of carboxylic acid groups (broad SMARTS) is 1. The van der Waals surface area contributed by atoms with Gasteiger partial charge in [0.15, 0.2) is 0 Å². The van der Waals surface area contributed by atoms with Crippen LogP contribution in [0.15, 0.2) is 78.9 Å². The normalized spacial score (nSPS) is 13.7. The van der Waals surface area contributed by atoms with E-state index < -0.39 is 30.1 Å². The van der Waals surface area contributed by atoms with E-state index in [1.165, 1.54) is 0 Å². The maximum Gasteiger partial charge on any atom is 0.407 e. The number of likely N-dealkylation sites (N-methyl/N-ethyl adjacent to an activating group) is 1. The van der Waals surface area contributed by atoms with Gasteiger partial charge in [-0.25, -0.2) is 9.59 Å². The molecule has 0 aromatic heterocycles. The van der Waals surface area contributed by atoms with Crippen LogP contribution in [0, 0.1) is 0 Å². The second kappa shape index (κ2) is 13.8. The van der Waals surface area contributed by atoms with Gasteiger partial charge in [0.1, 0.15) is 12.6 Å². The lowest BCUT2D eigenvalue weighted by Crippen LogP contribution is -2.49. The number of fused-ring (bicyclic) bond motifs is 3. The van der Waals surface area contributed by atoms with Crippen molar-refractivity contribution in [3.8, 4) is 11.1 Å². The van der Waals surface area contributed by atoms with Gasteiger partial charge in [-0.2, -0.15) is 0 Å². The number of hydrogen-bond acceptors (Lipinski definition) is 5. The predicted molar refractivity (Wildman–Crippen MR) is 154 cm³/mol. The van der Waals surface area contributed by atoms with Crippen molar-refractivity contribution in [3.05, 3.63) is 95.6 Å². The standard InChI is InChI=1S/C32H37N3O5/c1-3-11-23(18-30(36)34-29(31(37)38)20-35(2)19-22-12-5-4-6-13-22)33-32(39)40-21-28-26-16-9-7-14-24(26)25-15-8-10-17-27(25)28/h4-10,12-17,23,28-29H,3,11,18-21H2,1-2H3,(H,33,39)(H,34,36)(H,37,38)/t23-,29?/m1/s1. The molecule has 4 rings (SSSR count). The van der Waals surface area contributed by atoms with Gasteiger partial charge in [-0.3, -0.25) is 9.69 Å². The molecule has 1 aliphatic carbocycles. The van der Waals surface area contributed by atoms with Crippen molar-refractivity contribution < 1.29 is 24.2 Å². The smallest absolute Gasteiger partial charge is 0.407 e. The minimum atomic E-state index is -1.11. The van der Waals surface area contributed by atoms with Crippen LogP contribution in [0.5, 0.6) is 0 Å². The number of amides is 2. The highest BCUT2D eigenvalue weighted by atomic mass is 16.5. The van der Waals surface area contributed by atoms with Gasteiger partial charge in [0, 0.05) is 31.5 Å². The van der Waals surface area contributed by atoms with Gasteiger partial charge in [-0.15, -0.1) is 0 Å². The highest BCUT2D eigenvalue weighted by Crippen LogP contribution is 2.44. The summed E-state index contributed by atoms with van der Waals surface area (Å²) in [5.74, 6) is -1.60. The molecule has 8 heteroatoms. The number of aliphatic carboxylic acids is 1. The van der Waals surface area contributed by atoms with Gasteiger partial charge < -0.3 is 20.5 Å². The Labute approximate surface area is 235 Å². The number of carbonyl (C=O) groups is 3. The van der Waals surface area contributed by atoms with Crippen LogP contribution in [0.1, 0.15) is 48.8 Å². The van der Waals surface area contributed by atoms with Gasteiger partial charge in [0.05, 0.1) is 0 Å². The minimum absolute atomic E-state index is 0.0375. The molecule has 2 amide bonds. The second-order valence-electron chi connectivity index (χ2n) is 10.3. The van der Waals surface area contributed by atoms with Crippen molar-refractivity contribution in [1.82, 2.24) is 15.5 Å². The third-order valence-electron chi connectivity index (χ3n) is 7.16. The van der Waals surface area contributed by atoms with E-state index >= 15 is 0 Å². The average molecular weight is 544 g/mol. The molecule has 0 heterocycles. The highest BCUT2D eigenvalue weighted by Gasteiger charge is 2.29. The van der Waals surface area contributed by atoms with Crippen LogP contribution in [0.25, 0.3) is 11.1 Å². The summed E-state index contributed by atoms with van der Waals surface area (Å²) >= 11 is 0. The molecular formula is C32H37N3O5. The van der Waals surface area contributed by atoms with Gasteiger partial charge >= 0.3 is 12.1 Å². The first-order chi connectivity index (χ1) is 19.4. The van der Waals surface area contributed by atoms with Gasteiger partial charge in [-0.05, 0) is 41.3 Å². The van der Waals surface area contributed by atoms with Gasteiger partial charge in [0.2, 0.25) is 5.91 Å². The maximum atomic E-state index is 12.8. The molecule has 0 aliphatic heterocycles. The lowest BCUT2D eigenvalue weighted by Gasteiger charge is -2.24. The first-order valence-corrected chi connectivity index (χ1v) is 13.7. The molecule has 3 aromatic carbocycles. The molecule has 0 radical (unpaired) electrons. The molecule has 0 bridgehead atoms. The van der Waals surface area contributed by atoms with Crippen LogP contribution in [0.2, 0.25) is 0 Å². The second-order valence-corrected chi connectivity index (χ2v) is 10.3. The lowest BCUT2D eigenvalue weighted by molar-refractivity contribution is -0.142. The van der Waals surface area contributed by atoms with Crippen molar-refractivity contribution in [2.24, 2.45) is 0 Å². The number of carboxylic acids is 1. The van der Waals surface area contributed by atoms with Crippen LogP contribution < -0.4 is 10.6 Å². The predicted octanol–water partition coefficient (Wildman–Crippen LogP) is 4.79. The van der Waals surface area contributed by atoms with Crippen LogP contribution in [-0.2, 0) is 20.9 Å². The molecule has 0 fully saturated rings. The Morgan fingerprint density at radius 2 is 1.50 bits per heavy atom. The number of nitrogens with zero attached hydrogens (tertiary/aromatic N) is 1. The highest BCUT2D eigenvalue weighted by molar-refractivity contribution is 5.84. The Morgan fingerprint density at radius 3 is 2.10 bits per heavy atom. The molecular weight excluding hydrogens is 506 g/mol.